The summed E-state index contributed by atoms with van der Waals surface area (Å²) in [5.74, 6) is 0.696. The SMILES string of the molecule is O=C(Nc1ccc(-c2nc3ccccc3[nH]2)cc1)C1CCN(C(=O)/C=C/c2ccccc2)CC1. The summed E-state index contributed by atoms with van der Waals surface area (Å²) in [7, 11) is 0. The number of fused-ring (bicyclic) bond motifs is 1. The molecule has 5 rings (SSSR count). The van der Waals surface area contributed by atoms with Crippen LogP contribution in [-0.4, -0.2) is 39.8 Å². The molecule has 1 fully saturated rings. The van der Waals surface area contributed by atoms with Crippen molar-refractivity contribution in [2.45, 2.75) is 12.8 Å². The first kappa shape index (κ1) is 21.6. The van der Waals surface area contributed by atoms with Crippen LogP contribution in [0.25, 0.3) is 28.5 Å². The molecule has 0 unspecified atom stereocenters. The lowest BCUT2D eigenvalue weighted by molar-refractivity contribution is -0.130. The average Bonchev–Trinajstić information content (AvgIpc) is 3.33. The normalized spacial score (nSPS) is 14.5. The Labute approximate surface area is 198 Å². The van der Waals surface area contributed by atoms with Gasteiger partial charge in [0.15, 0.2) is 0 Å². The van der Waals surface area contributed by atoms with Crippen LogP contribution in [0.4, 0.5) is 5.69 Å². The van der Waals surface area contributed by atoms with E-state index in [4.69, 9.17) is 0 Å². The highest BCUT2D eigenvalue weighted by Crippen LogP contribution is 2.24. The number of rotatable bonds is 5. The van der Waals surface area contributed by atoms with Crippen LogP contribution in [0, 0.1) is 5.92 Å². The van der Waals surface area contributed by atoms with Gasteiger partial charge in [0.2, 0.25) is 11.8 Å². The Hall–Kier alpha value is -4.19. The minimum absolute atomic E-state index is 0.00316. The van der Waals surface area contributed by atoms with Crippen molar-refractivity contribution >= 4 is 34.6 Å². The van der Waals surface area contributed by atoms with Crippen LogP contribution in [0.3, 0.4) is 0 Å². The monoisotopic (exact) mass is 450 g/mol. The molecule has 4 aromatic rings. The Kier molecular flexibility index (Phi) is 6.21. The number of anilines is 1. The van der Waals surface area contributed by atoms with Crippen molar-refractivity contribution in [3.05, 3.63) is 90.5 Å². The van der Waals surface area contributed by atoms with Crippen LogP contribution in [0.5, 0.6) is 0 Å². The Bertz CT molecular complexity index is 1280. The number of nitrogens with zero attached hydrogens (tertiary/aromatic N) is 2. The first-order valence-electron chi connectivity index (χ1n) is 11.5. The van der Waals surface area contributed by atoms with Gasteiger partial charge in [-0.2, -0.15) is 0 Å². The molecule has 34 heavy (non-hydrogen) atoms. The topological polar surface area (TPSA) is 78.1 Å². The summed E-state index contributed by atoms with van der Waals surface area (Å²) in [4.78, 5) is 35.0. The minimum Gasteiger partial charge on any atom is -0.339 e. The molecule has 2 amide bonds. The fourth-order valence-corrected chi connectivity index (χ4v) is 4.24. The number of likely N-dealkylation sites (tertiary alicyclic amines) is 1. The molecule has 6 heteroatoms. The van der Waals surface area contributed by atoms with Gasteiger partial charge in [-0.3, -0.25) is 9.59 Å². The second-order valence-electron chi connectivity index (χ2n) is 8.51. The second kappa shape index (κ2) is 9.75. The minimum atomic E-state index is -0.0998. The number of para-hydroxylation sites is 2. The summed E-state index contributed by atoms with van der Waals surface area (Å²) in [5, 5.41) is 3.02. The van der Waals surface area contributed by atoms with E-state index < -0.39 is 0 Å². The molecule has 1 saturated heterocycles. The molecule has 0 spiro atoms. The molecule has 170 valence electrons. The maximum atomic E-state index is 12.8. The van der Waals surface area contributed by atoms with Gasteiger partial charge >= 0.3 is 0 Å². The molecule has 1 aliphatic rings. The number of hydrogen-bond acceptors (Lipinski definition) is 3. The maximum Gasteiger partial charge on any atom is 0.246 e. The Balaban J connectivity index is 1.14. The second-order valence-corrected chi connectivity index (χ2v) is 8.51. The predicted octanol–water partition coefficient (Wildman–Crippen LogP) is 5.12. The number of benzene rings is 3. The molecule has 1 aliphatic heterocycles. The van der Waals surface area contributed by atoms with Gasteiger partial charge in [-0.15, -0.1) is 0 Å². The highest BCUT2D eigenvalue weighted by Gasteiger charge is 2.26. The summed E-state index contributed by atoms with van der Waals surface area (Å²) in [6.07, 6.45) is 4.76. The number of H-pyrrole nitrogens is 1. The number of aromatic amines is 1. The molecule has 2 heterocycles. The highest BCUT2D eigenvalue weighted by atomic mass is 16.2. The van der Waals surface area contributed by atoms with E-state index in [2.05, 4.69) is 15.3 Å². The number of hydrogen-bond donors (Lipinski definition) is 2. The van der Waals surface area contributed by atoms with Gasteiger partial charge in [0, 0.05) is 36.3 Å². The Morgan fingerprint density at radius 1 is 0.912 bits per heavy atom. The van der Waals surface area contributed by atoms with Crippen molar-refractivity contribution in [1.29, 1.82) is 0 Å². The number of carbonyl (C=O) groups excluding carboxylic acids is 2. The largest absolute Gasteiger partial charge is 0.339 e. The molecule has 6 nitrogen and oxygen atoms in total. The third-order valence-electron chi connectivity index (χ3n) is 6.21. The third-order valence-corrected chi connectivity index (χ3v) is 6.21. The van der Waals surface area contributed by atoms with Crippen molar-refractivity contribution in [2.75, 3.05) is 18.4 Å². The Morgan fingerprint density at radius 2 is 1.62 bits per heavy atom. The molecule has 1 aromatic heterocycles. The number of nitrogens with one attached hydrogen (secondary N) is 2. The predicted molar refractivity (Wildman–Crippen MR) is 135 cm³/mol. The number of carbonyl (C=O) groups is 2. The van der Waals surface area contributed by atoms with E-state index in [-0.39, 0.29) is 17.7 Å². The molecule has 0 atom stereocenters. The van der Waals surface area contributed by atoms with Crippen molar-refractivity contribution < 1.29 is 9.59 Å². The van der Waals surface area contributed by atoms with Crippen molar-refractivity contribution in [3.8, 4) is 11.4 Å². The molecule has 0 bridgehead atoms. The highest BCUT2D eigenvalue weighted by molar-refractivity contribution is 5.94. The average molecular weight is 451 g/mol. The molecule has 0 aliphatic carbocycles. The lowest BCUT2D eigenvalue weighted by Gasteiger charge is -2.30. The van der Waals surface area contributed by atoms with Crippen molar-refractivity contribution in [3.63, 3.8) is 0 Å². The van der Waals surface area contributed by atoms with E-state index in [1.807, 2.05) is 89.8 Å². The van der Waals surface area contributed by atoms with Crippen LogP contribution in [0.15, 0.2) is 84.9 Å². The smallest absolute Gasteiger partial charge is 0.246 e. The van der Waals surface area contributed by atoms with E-state index in [1.165, 1.54) is 0 Å². The number of aromatic nitrogens is 2. The van der Waals surface area contributed by atoms with Gasteiger partial charge in [0.1, 0.15) is 5.82 Å². The lowest BCUT2D eigenvalue weighted by atomic mass is 9.95. The Morgan fingerprint density at radius 3 is 2.35 bits per heavy atom. The number of amides is 2. The standard InChI is InChI=1S/C28H26N4O2/c33-26(15-10-20-6-2-1-3-7-20)32-18-16-22(17-19-32)28(34)29-23-13-11-21(12-14-23)27-30-24-8-4-5-9-25(24)31-27/h1-15,22H,16-19H2,(H,29,34)(H,30,31)/b15-10+. The van der Waals surface area contributed by atoms with Gasteiger partial charge < -0.3 is 15.2 Å². The number of imidazole rings is 1. The van der Waals surface area contributed by atoms with Crippen molar-refractivity contribution in [2.24, 2.45) is 5.92 Å². The summed E-state index contributed by atoms with van der Waals surface area (Å²) in [6, 6.07) is 25.4. The first-order chi connectivity index (χ1) is 16.7. The van der Waals surface area contributed by atoms with Gasteiger partial charge in [-0.05, 0) is 60.9 Å². The lowest BCUT2D eigenvalue weighted by Crippen LogP contribution is -2.40. The summed E-state index contributed by atoms with van der Waals surface area (Å²) in [5.41, 5.74) is 4.64. The van der Waals surface area contributed by atoms with Crippen LogP contribution in [-0.2, 0) is 9.59 Å². The van der Waals surface area contributed by atoms with Gasteiger partial charge in [0.05, 0.1) is 11.0 Å². The molecule has 3 aromatic carbocycles. The van der Waals surface area contributed by atoms with Gasteiger partial charge in [0.25, 0.3) is 0 Å². The van der Waals surface area contributed by atoms with E-state index >= 15 is 0 Å². The van der Waals surface area contributed by atoms with E-state index in [0.717, 1.165) is 33.7 Å². The molecule has 2 N–H and O–H groups in total. The van der Waals surface area contributed by atoms with Crippen LogP contribution < -0.4 is 5.32 Å². The maximum absolute atomic E-state index is 12.8. The van der Waals surface area contributed by atoms with Gasteiger partial charge in [-0.25, -0.2) is 4.98 Å². The van der Waals surface area contributed by atoms with Crippen LogP contribution in [0.2, 0.25) is 0 Å². The zero-order chi connectivity index (χ0) is 23.3. The summed E-state index contributed by atoms with van der Waals surface area (Å²) < 4.78 is 0. The zero-order valence-electron chi connectivity index (χ0n) is 18.8. The van der Waals surface area contributed by atoms with Crippen LogP contribution in [0.1, 0.15) is 18.4 Å². The first-order valence-corrected chi connectivity index (χ1v) is 11.5. The quantitative estimate of drug-likeness (QED) is 0.414. The van der Waals surface area contributed by atoms with Crippen LogP contribution >= 0.6 is 0 Å². The van der Waals surface area contributed by atoms with Gasteiger partial charge in [-0.1, -0.05) is 42.5 Å². The summed E-state index contributed by atoms with van der Waals surface area (Å²) in [6.45, 7) is 1.17. The number of piperidine rings is 1. The summed E-state index contributed by atoms with van der Waals surface area (Å²) >= 11 is 0. The molecule has 0 saturated carbocycles. The molecule has 0 radical (unpaired) electrons. The zero-order valence-corrected chi connectivity index (χ0v) is 18.8. The molecular weight excluding hydrogens is 424 g/mol. The van der Waals surface area contributed by atoms with E-state index in [9.17, 15) is 9.59 Å². The fraction of sp³-hybridized carbons (Fsp3) is 0.179. The van der Waals surface area contributed by atoms with E-state index in [1.54, 1.807) is 6.08 Å². The van der Waals surface area contributed by atoms with E-state index in [0.29, 0.717) is 25.9 Å². The third kappa shape index (κ3) is 4.91. The van der Waals surface area contributed by atoms with Crippen molar-refractivity contribution in [1.82, 2.24) is 14.9 Å². The molecular formula is C28H26N4O2. The fourth-order valence-electron chi connectivity index (χ4n) is 4.24.